The molecular formula is C31H36N2O7S. The van der Waals surface area contributed by atoms with Crippen LogP contribution < -0.4 is 33.8 Å². The average molecular weight is 581 g/mol. The van der Waals surface area contributed by atoms with Gasteiger partial charge in [-0.25, -0.2) is 9.79 Å². The van der Waals surface area contributed by atoms with Crippen LogP contribution in [0.25, 0.3) is 6.08 Å². The van der Waals surface area contributed by atoms with Crippen LogP contribution in [0.3, 0.4) is 0 Å². The lowest BCUT2D eigenvalue weighted by molar-refractivity contribution is -0.139. The van der Waals surface area contributed by atoms with Gasteiger partial charge in [-0.1, -0.05) is 23.5 Å². The molecule has 0 fully saturated rings. The molecule has 0 radical (unpaired) electrons. The molecule has 0 amide bonds. The number of ether oxygens (including phenoxy) is 5. The van der Waals surface area contributed by atoms with Gasteiger partial charge < -0.3 is 23.7 Å². The van der Waals surface area contributed by atoms with E-state index in [0.717, 1.165) is 5.56 Å². The fourth-order valence-corrected chi connectivity index (χ4v) is 5.67. The van der Waals surface area contributed by atoms with Crippen LogP contribution in [0.5, 0.6) is 23.0 Å². The molecule has 1 aliphatic rings. The summed E-state index contributed by atoms with van der Waals surface area (Å²) in [5.74, 6) is 1.78. The number of aromatic nitrogens is 1. The SMILES string of the molecule is CCOC(=O)C1=C(C)N=c2s/c(=C\c3ccc(OCC)c(OCC)c3)c(=O)n2[C@H]1c1ccc(OC(C)C)c(OC)c1. The maximum atomic E-state index is 14.0. The van der Waals surface area contributed by atoms with Crippen molar-refractivity contribution < 1.29 is 28.5 Å². The third-order valence-electron chi connectivity index (χ3n) is 6.25. The van der Waals surface area contributed by atoms with E-state index < -0.39 is 12.0 Å². The zero-order valence-electron chi connectivity index (χ0n) is 24.5. The molecule has 1 aromatic heterocycles. The van der Waals surface area contributed by atoms with Crippen molar-refractivity contribution in [3.8, 4) is 23.0 Å². The van der Waals surface area contributed by atoms with Crippen LogP contribution in [-0.4, -0.2) is 43.6 Å². The number of carbonyl (C=O) groups is 1. The van der Waals surface area contributed by atoms with Crippen molar-refractivity contribution in [1.82, 2.24) is 4.57 Å². The summed E-state index contributed by atoms with van der Waals surface area (Å²) < 4.78 is 30.4. The van der Waals surface area contributed by atoms with Crippen LogP contribution in [0.1, 0.15) is 58.7 Å². The fraction of sp³-hybridized carbons (Fsp3) is 0.387. The van der Waals surface area contributed by atoms with E-state index in [1.165, 1.54) is 11.3 Å². The fourth-order valence-electron chi connectivity index (χ4n) is 4.62. The minimum atomic E-state index is -0.770. The largest absolute Gasteiger partial charge is 0.493 e. The number of benzene rings is 2. The molecule has 10 heteroatoms. The molecule has 1 aliphatic heterocycles. The van der Waals surface area contributed by atoms with Crippen LogP contribution in [0.2, 0.25) is 0 Å². The van der Waals surface area contributed by atoms with Gasteiger partial charge in [0.1, 0.15) is 0 Å². The van der Waals surface area contributed by atoms with Crippen molar-refractivity contribution in [2.75, 3.05) is 26.9 Å². The molecule has 0 saturated carbocycles. The van der Waals surface area contributed by atoms with Crippen molar-refractivity contribution in [2.24, 2.45) is 4.99 Å². The molecule has 2 heterocycles. The summed E-state index contributed by atoms with van der Waals surface area (Å²) in [5.41, 5.74) is 1.95. The first-order chi connectivity index (χ1) is 19.7. The Morgan fingerprint density at radius 1 is 1.00 bits per heavy atom. The Morgan fingerprint density at radius 2 is 1.71 bits per heavy atom. The van der Waals surface area contributed by atoms with Crippen LogP contribution >= 0.6 is 11.3 Å². The lowest BCUT2D eigenvalue weighted by Crippen LogP contribution is -2.40. The molecule has 41 heavy (non-hydrogen) atoms. The van der Waals surface area contributed by atoms with E-state index in [-0.39, 0.29) is 18.3 Å². The number of nitrogens with zero attached hydrogens (tertiary/aromatic N) is 2. The molecule has 0 spiro atoms. The van der Waals surface area contributed by atoms with Gasteiger partial charge in [-0.05, 0) is 83.0 Å². The standard InChI is InChI=1S/C31H36N2O7S/c1-8-37-22-13-11-20(15-25(22)38-9-2)16-26-29(34)33-28(21-12-14-23(40-18(4)5)24(17-21)36-7)27(30(35)39-10-3)19(6)32-31(33)41-26/h11-18,28H,8-10H2,1-7H3/b26-16-/t28-/m0/s1. The van der Waals surface area contributed by atoms with E-state index in [9.17, 15) is 9.59 Å². The topological polar surface area (TPSA) is 97.6 Å². The number of methoxy groups -OCH3 is 1. The van der Waals surface area contributed by atoms with E-state index in [1.807, 2.05) is 52.0 Å². The van der Waals surface area contributed by atoms with Crippen LogP contribution in [0, 0.1) is 0 Å². The van der Waals surface area contributed by atoms with Gasteiger partial charge in [0.05, 0.1) is 54.9 Å². The highest BCUT2D eigenvalue weighted by molar-refractivity contribution is 7.07. The lowest BCUT2D eigenvalue weighted by atomic mass is 9.95. The minimum Gasteiger partial charge on any atom is -0.493 e. The molecule has 0 unspecified atom stereocenters. The monoisotopic (exact) mass is 580 g/mol. The Morgan fingerprint density at radius 3 is 2.37 bits per heavy atom. The second-order valence-corrected chi connectivity index (χ2v) is 10.5. The highest BCUT2D eigenvalue weighted by atomic mass is 32.1. The second kappa shape index (κ2) is 13.1. The zero-order valence-corrected chi connectivity index (χ0v) is 25.3. The predicted octanol–water partition coefficient (Wildman–Crippen LogP) is 4.39. The van der Waals surface area contributed by atoms with Gasteiger partial charge in [0, 0.05) is 0 Å². The van der Waals surface area contributed by atoms with Gasteiger partial charge in [-0.15, -0.1) is 0 Å². The first-order valence-corrected chi connectivity index (χ1v) is 14.5. The normalized spacial score (nSPS) is 14.9. The summed E-state index contributed by atoms with van der Waals surface area (Å²) in [5, 5.41) is 0. The zero-order chi connectivity index (χ0) is 29.7. The molecule has 9 nitrogen and oxygen atoms in total. The first kappa shape index (κ1) is 29.9. The number of hydrogen-bond acceptors (Lipinski definition) is 9. The van der Waals surface area contributed by atoms with Gasteiger partial charge in [0.2, 0.25) is 0 Å². The number of hydrogen-bond donors (Lipinski definition) is 0. The molecular weight excluding hydrogens is 544 g/mol. The van der Waals surface area contributed by atoms with Gasteiger partial charge in [-0.2, -0.15) is 0 Å². The van der Waals surface area contributed by atoms with Gasteiger partial charge in [0.25, 0.3) is 5.56 Å². The molecule has 0 bridgehead atoms. The highest BCUT2D eigenvalue weighted by Gasteiger charge is 2.34. The second-order valence-electron chi connectivity index (χ2n) is 9.45. The molecule has 4 rings (SSSR count). The number of thiazole rings is 1. The van der Waals surface area contributed by atoms with Crippen molar-refractivity contribution in [3.63, 3.8) is 0 Å². The Hall–Kier alpha value is -4.05. The minimum absolute atomic E-state index is 0.0597. The molecule has 2 aromatic carbocycles. The van der Waals surface area contributed by atoms with Gasteiger partial charge in [0.15, 0.2) is 27.8 Å². The van der Waals surface area contributed by atoms with Crippen molar-refractivity contribution in [1.29, 1.82) is 0 Å². The van der Waals surface area contributed by atoms with Crippen molar-refractivity contribution in [2.45, 2.75) is 53.7 Å². The summed E-state index contributed by atoms with van der Waals surface area (Å²) in [6.07, 6.45) is 1.73. The van der Waals surface area contributed by atoms with Crippen molar-refractivity contribution >= 4 is 23.4 Å². The summed E-state index contributed by atoms with van der Waals surface area (Å²) in [6, 6.07) is 10.2. The van der Waals surface area contributed by atoms with Crippen LogP contribution in [0.4, 0.5) is 0 Å². The smallest absolute Gasteiger partial charge is 0.338 e. The molecule has 218 valence electrons. The Balaban J connectivity index is 1.90. The lowest BCUT2D eigenvalue weighted by Gasteiger charge is -2.25. The Labute approximate surface area is 243 Å². The number of rotatable bonds is 11. The van der Waals surface area contributed by atoms with E-state index in [0.29, 0.717) is 62.4 Å². The number of allylic oxidation sites excluding steroid dienone is 1. The number of carbonyl (C=O) groups excluding carboxylic acids is 1. The quantitative estimate of drug-likeness (QED) is 0.310. The Bertz CT molecular complexity index is 1630. The predicted molar refractivity (Wildman–Crippen MR) is 158 cm³/mol. The summed E-state index contributed by atoms with van der Waals surface area (Å²) in [4.78, 5) is 32.3. The van der Waals surface area contributed by atoms with E-state index >= 15 is 0 Å². The summed E-state index contributed by atoms with van der Waals surface area (Å²) in [7, 11) is 1.55. The third kappa shape index (κ3) is 6.32. The highest BCUT2D eigenvalue weighted by Crippen LogP contribution is 2.36. The molecule has 0 N–H and O–H groups in total. The summed E-state index contributed by atoms with van der Waals surface area (Å²) in [6.45, 7) is 12.3. The maximum absolute atomic E-state index is 14.0. The first-order valence-electron chi connectivity index (χ1n) is 13.7. The molecule has 1 atom stereocenters. The molecule has 0 aliphatic carbocycles. The van der Waals surface area contributed by atoms with Crippen LogP contribution in [-0.2, 0) is 9.53 Å². The Kier molecular flexibility index (Phi) is 9.54. The summed E-state index contributed by atoms with van der Waals surface area (Å²) >= 11 is 1.26. The number of esters is 1. The van der Waals surface area contributed by atoms with E-state index in [4.69, 9.17) is 23.7 Å². The van der Waals surface area contributed by atoms with E-state index in [1.54, 1.807) is 43.7 Å². The van der Waals surface area contributed by atoms with Gasteiger partial charge in [-0.3, -0.25) is 9.36 Å². The van der Waals surface area contributed by atoms with E-state index in [2.05, 4.69) is 4.99 Å². The van der Waals surface area contributed by atoms with Crippen molar-refractivity contribution in [3.05, 3.63) is 78.5 Å². The van der Waals surface area contributed by atoms with Gasteiger partial charge >= 0.3 is 5.97 Å². The van der Waals surface area contributed by atoms with Crippen LogP contribution in [0.15, 0.2) is 57.5 Å². The number of fused-ring (bicyclic) bond motifs is 1. The molecule has 3 aromatic rings. The molecule has 0 saturated heterocycles. The maximum Gasteiger partial charge on any atom is 0.338 e. The average Bonchev–Trinajstić information content (AvgIpc) is 3.23. The third-order valence-corrected chi connectivity index (χ3v) is 7.23.